The maximum Gasteiger partial charge on any atom is 0.472 e. The smallest absolute Gasteiger partial charge is 0.462 e. The summed E-state index contributed by atoms with van der Waals surface area (Å²) in [6, 6.07) is 0. The number of aliphatic hydroxyl groups is 1. The van der Waals surface area contributed by atoms with Gasteiger partial charge in [-0.2, -0.15) is 0 Å². The third-order valence-corrected chi connectivity index (χ3v) is 19.4. The highest BCUT2D eigenvalue weighted by molar-refractivity contribution is 7.47. The molecular formula is C76H144O17P2. The molecule has 0 rings (SSSR count). The van der Waals surface area contributed by atoms with Gasteiger partial charge in [-0.15, -0.1) is 0 Å². The molecule has 0 aromatic rings. The second kappa shape index (κ2) is 68.7. The summed E-state index contributed by atoms with van der Waals surface area (Å²) in [6.07, 6.45) is 60.6. The standard InChI is InChI=1S/C76H144O17P2/c1-6-10-13-16-19-21-23-24-29-33-37-40-45-50-55-60-74(79)87-66-72(93-76(81)62-57-52-47-42-38-34-31-28-26-25-27-30-32-36-39-44-48-53-58-69(5)9-4)68-91-95(84,85)89-64-70(77)63-88-94(82,83)90-67-71(65-86-73(78)59-54-49-43-18-15-12-8-3)92-75(80)61-56-51-46-41-35-22-20-17-14-11-7-2/h21,23-24,29,69-72,77H,6-20,22,25-28,30-68H2,1-5H3,(H,82,83)(H,84,85)/b23-21-,29-24-/t69?,70-,71+,72+/m0/s1. The van der Waals surface area contributed by atoms with E-state index in [0.717, 1.165) is 128 Å². The molecule has 3 unspecified atom stereocenters. The van der Waals surface area contributed by atoms with Gasteiger partial charge in [-0.05, 0) is 57.3 Å². The summed E-state index contributed by atoms with van der Waals surface area (Å²) in [7, 11) is -9.91. The van der Waals surface area contributed by atoms with Gasteiger partial charge in [0.15, 0.2) is 12.2 Å². The van der Waals surface area contributed by atoms with Crippen LogP contribution in [0.2, 0.25) is 0 Å². The van der Waals surface area contributed by atoms with Crippen molar-refractivity contribution < 1.29 is 80.2 Å². The molecule has 0 saturated carbocycles. The van der Waals surface area contributed by atoms with Crippen molar-refractivity contribution in [2.24, 2.45) is 5.92 Å². The number of carbonyl (C=O) groups excluding carboxylic acids is 4. The summed E-state index contributed by atoms with van der Waals surface area (Å²) in [4.78, 5) is 72.6. The lowest BCUT2D eigenvalue weighted by atomic mass is 9.99. The number of ether oxygens (including phenoxy) is 4. The van der Waals surface area contributed by atoms with E-state index in [4.69, 9.17) is 37.0 Å². The summed E-state index contributed by atoms with van der Waals surface area (Å²) >= 11 is 0. The highest BCUT2D eigenvalue weighted by atomic mass is 31.2. The molecule has 6 atom stereocenters. The van der Waals surface area contributed by atoms with Crippen LogP contribution in [0.5, 0.6) is 0 Å². The predicted molar refractivity (Wildman–Crippen MR) is 386 cm³/mol. The summed E-state index contributed by atoms with van der Waals surface area (Å²) in [5, 5.41) is 10.6. The largest absolute Gasteiger partial charge is 0.472 e. The monoisotopic (exact) mass is 1390 g/mol. The van der Waals surface area contributed by atoms with E-state index < -0.39 is 97.5 Å². The number of esters is 4. The van der Waals surface area contributed by atoms with Gasteiger partial charge in [0.1, 0.15) is 19.3 Å². The van der Waals surface area contributed by atoms with Gasteiger partial charge in [-0.1, -0.05) is 322 Å². The maximum absolute atomic E-state index is 13.1. The molecule has 0 radical (unpaired) electrons. The van der Waals surface area contributed by atoms with Crippen LogP contribution in [-0.2, 0) is 65.4 Å². The zero-order valence-electron chi connectivity index (χ0n) is 61.3. The van der Waals surface area contributed by atoms with Gasteiger partial charge in [0.05, 0.1) is 26.4 Å². The topological polar surface area (TPSA) is 237 Å². The molecule has 560 valence electrons. The van der Waals surface area contributed by atoms with Crippen LogP contribution in [-0.4, -0.2) is 96.7 Å². The second-order valence-electron chi connectivity index (χ2n) is 26.9. The number of rotatable bonds is 74. The highest BCUT2D eigenvalue weighted by Crippen LogP contribution is 2.45. The summed E-state index contributed by atoms with van der Waals surface area (Å²) in [5.41, 5.74) is 0. The number of unbranched alkanes of at least 4 members (excludes halogenated alkanes) is 42. The third kappa shape index (κ3) is 68.5. The lowest BCUT2D eigenvalue weighted by Gasteiger charge is -2.21. The SMILES string of the molecule is CCCCCC/C=C\C=C/CCCCCCCC(=O)OC[C@H](COP(=O)(O)OC[C@@H](O)COP(=O)(O)OC[C@@H](COC(=O)CCCCCCCCC)OC(=O)CCCCCCCCCCCCC)OC(=O)CCCCCCCCCCCCCCCCCCCCC(C)CC. The van der Waals surface area contributed by atoms with E-state index in [1.807, 2.05) is 0 Å². The first-order valence-electron chi connectivity index (χ1n) is 39.0. The van der Waals surface area contributed by atoms with Crippen LogP contribution >= 0.6 is 15.6 Å². The van der Waals surface area contributed by atoms with Gasteiger partial charge in [-0.3, -0.25) is 37.3 Å². The molecule has 0 aromatic carbocycles. The molecule has 0 fully saturated rings. The van der Waals surface area contributed by atoms with Crippen LogP contribution in [0.3, 0.4) is 0 Å². The van der Waals surface area contributed by atoms with Crippen LogP contribution < -0.4 is 0 Å². The molecule has 3 N–H and O–H groups in total. The average Bonchev–Trinajstić information content (AvgIpc) is 1.52. The quantitative estimate of drug-likeness (QED) is 0.0169. The van der Waals surface area contributed by atoms with Gasteiger partial charge in [-0.25, -0.2) is 9.13 Å². The Labute approximate surface area is 580 Å². The van der Waals surface area contributed by atoms with Gasteiger partial charge in [0, 0.05) is 25.7 Å². The molecule has 0 spiro atoms. The molecule has 95 heavy (non-hydrogen) atoms. The average molecular weight is 1390 g/mol. The molecule has 19 heteroatoms. The fourth-order valence-corrected chi connectivity index (χ4v) is 12.7. The Morgan fingerprint density at radius 3 is 0.895 bits per heavy atom. The van der Waals surface area contributed by atoms with Crippen molar-refractivity contribution in [3.8, 4) is 0 Å². The van der Waals surface area contributed by atoms with E-state index in [2.05, 4.69) is 58.9 Å². The van der Waals surface area contributed by atoms with Crippen molar-refractivity contribution in [3.63, 3.8) is 0 Å². The first kappa shape index (κ1) is 92.5. The minimum Gasteiger partial charge on any atom is -0.462 e. The van der Waals surface area contributed by atoms with E-state index in [1.165, 1.54) is 167 Å². The Hall–Kier alpha value is -2.46. The second-order valence-corrected chi connectivity index (χ2v) is 29.9. The van der Waals surface area contributed by atoms with Gasteiger partial charge in [0.2, 0.25) is 0 Å². The summed E-state index contributed by atoms with van der Waals surface area (Å²) < 4.78 is 68.3. The fraction of sp³-hybridized carbons (Fsp3) is 0.895. The van der Waals surface area contributed by atoms with Gasteiger partial charge >= 0.3 is 39.5 Å². The number of aliphatic hydroxyl groups excluding tert-OH is 1. The van der Waals surface area contributed by atoms with E-state index in [1.54, 1.807) is 0 Å². The predicted octanol–water partition coefficient (Wildman–Crippen LogP) is 22.0. The Morgan fingerprint density at radius 1 is 0.337 bits per heavy atom. The van der Waals surface area contributed by atoms with E-state index in [0.29, 0.717) is 25.7 Å². The van der Waals surface area contributed by atoms with E-state index in [9.17, 15) is 43.2 Å². The van der Waals surface area contributed by atoms with Gasteiger partial charge in [0.25, 0.3) is 0 Å². The minimum absolute atomic E-state index is 0.102. The maximum atomic E-state index is 13.1. The molecule has 0 heterocycles. The van der Waals surface area contributed by atoms with Crippen LogP contribution in [0.15, 0.2) is 24.3 Å². The molecule has 0 saturated heterocycles. The molecule has 0 aromatic heterocycles. The lowest BCUT2D eigenvalue weighted by molar-refractivity contribution is -0.161. The normalized spacial score (nSPS) is 14.4. The fourth-order valence-electron chi connectivity index (χ4n) is 11.1. The number of allylic oxidation sites excluding steroid dienone is 4. The number of hydrogen-bond acceptors (Lipinski definition) is 15. The lowest BCUT2D eigenvalue weighted by Crippen LogP contribution is -2.30. The third-order valence-electron chi connectivity index (χ3n) is 17.5. The van der Waals surface area contributed by atoms with E-state index in [-0.39, 0.29) is 25.7 Å². The van der Waals surface area contributed by atoms with Crippen LogP contribution in [0.1, 0.15) is 375 Å². The first-order valence-corrected chi connectivity index (χ1v) is 42.0. The Bertz CT molecular complexity index is 1920. The summed E-state index contributed by atoms with van der Waals surface area (Å²) in [6.45, 7) is 7.24. The number of hydrogen-bond donors (Lipinski definition) is 3. The first-order chi connectivity index (χ1) is 46.1. The number of carbonyl (C=O) groups is 4. The van der Waals surface area contributed by atoms with Crippen molar-refractivity contribution in [1.82, 2.24) is 0 Å². The molecule has 0 aliphatic carbocycles. The van der Waals surface area contributed by atoms with Crippen LogP contribution in [0, 0.1) is 5.92 Å². The van der Waals surface area contributed by atoms with Crippen molar-refractivity contribution in [1.29, 1.82) is 0 Å². The Kier molecular flexibility index (Phi) is 66.9. The van der Waals surface area contributed by atoms with Crippen molar-refractivity contribution in [2.45, 2.75) is 393 Å². The molecule has 0 bridgehead atoms. The molecule has 17 nitrogen and oxygen atoms in total. The number of phosphoric acid groups is 2. The van der Waals surface area contributed by atoms with Crippen LogP contribution in [0.4, 0.5) is 0 Å². The molecule has 0 aliphatic rings. The Balaban J connectivity index is 5.18. The van der Waals surface area contributed by atoms with Crippen molar-refractivity contribution >= 4 is 39.5 Å². The highest BCUT2D eigenvalue weighted by Gasteiger charge is 2.30. The number of phosphoric ester groups is 2. The summed E-state index contributed by atoms with van der Waals surface area (Å²) in [5.74, 6) is -1.28. The van der Waals surface area contributed by atoms with Crippen LogP contribution in [0.25, 0.3) is 0 Å². The molecular weight excluding hydrogens is 1250 g/mol. The molecule has 0 aliphatic heterocycles. The zero-order chi connectivity index (χ0) is 69.8. The zero-order valence-corrected chi connectivity index (χ0v) is 63.1. The minimum atomic E-state index is -4.96. The van der Waals surface area contributed by atoms with Crippen molar-refractivity contribution in [2.75, 3.05) is 39.6 Å². The molecule has 0 amide bonds. The van der Waals surface area contributed by atoms with E-state index >= 15 is 0 Å². The van der Waals surface area contributed by atoms with Crippen molar-refractivity contribution in [3.05, 3.63) is 24.3 Å². The van der Waals surface area contributed by atoms with Gasteiger partial charge < -0.3 is 33.8 Å². The Morgan fingerprint density at radius 2 is 0.589 bits per heavy atom.